The molecule has 0 atom stereocenters. The normalized spacial score (nSPS) is 17.4. The van der Waals surface area contributed by atoms with E-state index >= 15 is 0 Å². The predicted octanol–water partition coefficient (Wildman–Crippen LogP) is 3.72. The summed E-state index contributed by atoms with van der Waals surface area (Å²) in [4.78, 5) is 26.7. The summed E-state index contributed by atoms with van der Waals surface area (Å²) < 4.78 is 6.13. The number of carbonyl (C=O) groups is 2. The first-order valence-electron chi connectivity index (χ1n) is 9.34. The first-order chi connectivity index (χ1) is 13.5. The number of nitrogens with one attached hydrogen (secondary N) is 1. The van der Waals surface area contributed by atoms with E-state index in [4.69, 9.17) is 9.94 Å². The lowest BCUT2D eigenvalue weighted by atomic mass is 9.69. The maximum absolute atomic E-state index is 13.2. The van der Waals surface area contributed by atoms with Crippen LogP contribution in [-0.2, 0) is 11.3 Å². The number of fused-ring (bicyclic) bond motifs is 1. The molecule has 6 heteroatoms. The molecule has 1 aliphatic carbocycles. The lowest BCUT2D eigenvalue weighted by Crippen LogP contribution is -2.43. The van der Waals surface area contributed by atoms with Gasteiger partial charge in [0.05, 0.1) is 12.7 Å². The summed E-state index contributed by atoms with van der Waals surface area (Å²) in [6.45, 7) is 2.37. The molecule has 1 fully saturated rings. The van der Waals surface area contributed by atoms with Crippen LogP contribution in [0.2, 0.25) is 0 Å². The molecule has 0 radical (unpaired) electrons. The van der Waals surface area contributed by atoms with E-state index in [1.165, 1.54) is 0 Å². The Kier molecular flexibility index (Phi) is 4.65. The van der Waals surface area contributed by atoms with E-state index in [9.17, 15) is 9.59 Å². The molecule has 2 aromatic carbocycles. The van der Waals surface area contributed by atoms with Gasteiger partial charge in [-0.15, -0.1) is 0 Å². The average molecular weight is 378 g/mol. The van der Waals surface area contributed by atoms with Crippen LogP contribution in [0.1, 0.15) is 47.7 Å². The van der Waals surface area contributed by atoms with Crippen molar-refractivity contribution in [1.82, 2.24) is 10.4 Å². The average Bonchev–Trinajstić information content (AvgIpc) is 2.90. The molecule has 28 heavy (non-hydrogen) atoms. The fourth-order valence-electron chi connectivity index (χ4n) is 3.64. The number of carbonyl (C=O) groups excluding carboxylic acids is 2. The van der Waals surface area contributed by atoms with Crippen molar-refractivity contribution >= 4 is 17.6 Å². The molecule has 4 rings (SSSR count). The maximum Gasteiger partial charge on any atom is 0.274 e. The molecule has 0 saturated heterocycles. The van der Waals surface area contributed by atoms with Crippen molar-refractivity contribution in [3.8, 4) is 5.75 Å². The van der Waals surface area contributed by atoms with Crippen molar-refractivity contribution in [2.24, 2.45) is 5.41 Å². The molecule has 1 saturated carbocycles. The standard InChI is InChI=1S/C22H22N2O4/c1-22(10-5-11-22)21(26)24-13-17-9-8-16(20(25)23-27)12-18(17)28-19(14-24)15-6-3-2-4-7-15/h2-4,6-9,12,14,27H,5,10-11,13H2,1H3,(H,23,25). The van der Waals surface area contributed by atoms with Crippen LogP contribution in [0.3, 0.4) is 0 Å². The van der Waals surface area contributed by atoms with Gasteiger partial charge in [0.2, 0.25) is 5.91 Å². The second-order valence-electron chi connectivity index (χ2n) is 7.57. The number of hydrogen-bond donors (Lipinski definition) is 2. The van der Waals surface area contributed by atoms with Crippen LogP contribution in [0, 0.1) is 5.41 Å². The number of rotatable bonds is 3. The largest absolute Gasteiger partial charge is 0.455 e. The molecule has 2 N–H and O–H groups in total. The zero-order valence-electron chi connectivity index (χ0n) is 15.6. The minimum atomic E-state index is -0.615. The number of ether oxygens (including phenoxy) is 1. The molecule has 0 bridgehead atoms. The highest BCUT2D eigenvalue weighted by atomic mass is 16.5. The molecule has 0 aromatic heterocycles. The van der Waals surface area contributed by atoms with Gasteiger partial charge in [-0.3, -0.25) is 14.8 Å². The Hall–Kier alpha value is -3.12. The SMILES string of the molecule is CC1(C(=O)N2C=C(c3ccccc3)Oc3cc(C(=O)NO)ccc3C2)CCC1. The summed E-state index contributed by atoms with van der Waals surface area (Å²) in [6.07, 6.45) is 4.60. The van der Waals surface area contributed by atoms with Gasteiger partial charge in [0.25, 0.3) is 5.91 Å². The number of hydroxylamine groups is 1. The zero-order chi connectivity index (χ0) is 19.7. The second kappa shape index (κ2) is 7.13. The Morgan fingerprint density at radius 1 is 1.14 bits per heavy atom. The second-order valence-corrected chi connectivity index (χ2v) is 7.57. The van der Waals surface area contributed by atoms with E-state index in [-0.39, 0.29) is 16.9 Å². The Bertz CT molecular complexity index is 948. The fourth-order valence-corrected chi connectivity index (χ4v) is 3.64. The smallest absolute Gasteiger partial charge is 0.274 e. The van der Waals surface area contributed by atoms with E-state index < -0.39 is 5.91 Å². The van der Waals surface area contributed by atoms with Crippen LogP contribution in [0.5, 0.6) is 5.75 Å². The molecule has 0 spiro atoms. The lowest BCUT2D eigenvalue weighted by molar-refractivity contribution is -0.143. The van der Waals surface area contributed by atoms with Gasteiger partial charge >= 0.3 is 0 Å². The molecular formula is C22H22N2O4. The number of nitrogens with zero attached hydrogens (tertiary/aromatic N) is 1. The summed E-state index contributed by atoms with van der Waals surface area (Å²) in [5, 5.41) is 8.91. The number of benzene rings is 2. The monoisotopic (exact) mass is 378 g/mol. The zero-order valence-corrected chi connectivity index (χ0v) is 15.6. The van der Waals surface area contributed by atoms with Crippen LogP contribution in [0.4, 0.5) is 0 Å². The van der Waals surface area contributed by atoms with E-state index in [0.717, 1.165) is 30.4 Å². The molecule has 6 nitrogen and oxygen atoms in total. The van der Waals surface area contributed by atoms with Crippen molar-refractivity contribution in [2.75, 3.05) is 0 Å². The Labute approximate surface area is 163 Å². The van der Waals surface area contributed by atoms with Gasteiger partial charge in [0.1, 0.15) is 5.75 Å². The van der Waals surface area contributed by atoms with Crippen LogP contribution < -0.4 is 10.2 Å². The van der Waals surface area contributed by atoms with Gasteiger partial charge in [-0.1, -0.05) is 49.7 Å². The first kappa shape index (κ1) is 18.3. The van der Waals surface area contributed by atoms with Gasteiger partial charge in [-0.05, 0) is 25.0 Å². The van der Waals surface area contributed by atoms with E-state index in [0.29, 0.717) is 18.1 Å². The Morgan fingerprint density at radius 3 is 2.54 bits per heavy atom. The summed E-state index contributed by atoms with van der Waals surface area (Å²) in [5.41, 5.74) is 3.21. The van der Waals surface area contributed by atoms with Crippen LogP contribution in [0.15, 0.2) is 54.7 Å². The van der Waals surface area contributed by atoms with Crippen molar-refractivity contribution in [3.05, 3.63) is 71.4 Å². The van der Waals surface area contributed by atoms with Crippen molar-refractivity contribution in [3.63, 3.8) is 0 Å². The molecular weight excluding hydrogens is 356 g/mol. The van der Waals surface area contributed by atoms with Crippen molar-refractivity contribution in [1.29, 1.82) is 0 Å². The van der Waals surface area contributed by atoms with Gasteiger partial charge in [0.15, 0.2) is 5.76 Å². The maximum atomic E-state index is 13.2. The minimum absolute atomic E-state index is 0.0841. The summed E-state index contributed by atoms with van der Waals surface area (Å²) in [6, 6.07) is 14.5. The van der Waals surface area contributed by atoms with Gasteiger partial charge in [-0.25, -0.2) is 5.48 Å². The van der Waals surface area contributed by atoms with Crippen molar-refractivity contribution < 1.29 is 19.5 Å². The quantitative estimate of drug-likeness (QED) is 0.630. The third kappa shape index (κ3) is 3.27. The topological polar surface area (TPSA) is 78.9 Å². The van der Waals surface area contributed by atoms with Gasteiger partial charge in [-0.2, -0.15) is 0 Å². The first-order valence-corrected chi connectivity index (χ1v) is 9.34. The summed E-state index contributed by atoms with van der Waals surface area (Å²) >= 11 is 0. The molecule has 2 aromatic rings. The third-order valence-electron chi connectivity index (χ3n) is 5.56. The van der Waals surface area contributed by atoms with Crippen LogP contribution >= 0.6 is 0 Å². The molecule has 0 unspecified atom stereocenters. The molecule has 2 amide bonds. The summed E-state index contributed by atoms with van der Waals surface area (Å²) in [7, 11) is 0. The molecule has 2 aliphatic rings. The third-order valence-corrected chi connectivity index (χ3v) is 5.56. The van der Waals surface area contributed by atoms with Crippen LogP contribution in [-0.4, -0.2) is 21.9 Å². The van der Waals surface area contributed by atoms with Crippen LogP contribution in [0.25, 0.3) is 5.76 Å². The Balaban J connectivity index is 1.76. The van der Waals surface area contributed by atoms with Gasteiger partial charge in [0, 0.05) is 22.1 Å². The molecule has 144 valence electrons. The van der Waals surface area contributed by atoms with E-state index in [1.807, 2.05) is 37.3 Å². The summed E-state index contributed by atoms with van der Waals surface area (Å²) in [5.74, 6) is 0.499. The Morgan fingerprint density at radius 2 is 1.89 bits per heavy atom. The number of hydrogen-bond acceptors (Lipinski definition) is 4. The highest BCUT2D eigenvalue weighted by Crippen LogP contribution is 2.43. The fraction of sp³-hybridized carbons (Fsp3) is 0.273. The highest BCUT2D eigenvalue weighted by Gasteiger charge is 2.42. The lowest BCUT2D eigenvalue weighted by Gasteiger charge is -2.39. The van der Waals surface area contributed by atoms with E-state index in [1.54, 1.807) is 34.8 Å². The van der Waals surface area contributed by atoms with E-state index in [2.05, 4.69) is 0 Å². The van der Waals surface area contributed by atoms with Crippen molar-refractivity contribution in [2.45, 2.75) is 32.7 Å². The highest BCUT2D eigenvalue weighted by molar-refractivity contribution is 5.94. The minimum Gasteiger partial charge on any atom is -0.455 e. The molecule has 1 aliphatic heterocycles. The predicted molar refractivity (Wildman–Crippen MR) is 103 cm³/mol. The molecule has 1 heterocycles. The number of amides is 2. The van der Waals surface area contributed by atoms with Gasteiger partial charge < -0.3 is 9.64 Å².